The smallest absolute Gasteiger partial charge is 0.143 e. The number of nitrogens with one attached hydrogen (secondary N) is 1. The molecule has 0 radical (unpaired) electrons. The zero-order valence-electron chi connectivity index (χ0n) is 18.1. The van der Waals surface area contributed by atoms with E-state index in [4.69, 9.17) is 16.3 Å². The van der Waals surface area contributed by atoms with Crippen molar-refractivity contribution < 1.29 is 4.74 Å². The second kappa shape index (κ2) is 9.28. The van der Waals surface area contributed by atoms with E-state index in [1.807, 2.05) is 31.3 Å². The number of rotatable bonds is 6. The van der Waals surface area contributed by atoms with Gasteiger partial charge >= 0.3 is 0 Å². The highest BCUT2D eigenvalue weighted by Crippen LogP contribution is 2.30. The van der Waals surface area contributed by atoms with Crippen molar-refractivity contribution in [1.82, 2.24) is 19.9 Å². The Hall–Kier alpha value is -2.93. The van der Waals surface area contributed by atoms with Gasteiger partial charge in [0.15, 0.2) is 0 Å². The number of aromatic amines is 1. The minimum atomic E-state index is 0.669. The van der Waals surface area contributed by atoms with Crippen molar-refractivity contribution in [2.45, 2.75) is 13.1 Å². The molecule has 0 atom stereocenters. The quantitative estimate of drug-likeness (QED) is 0.462. The molecule has 32 heavy (non-hydrogen) atoms. The lowest BCUT2D eigenvalue weighted by Crippen LogP contribution is -2.35. The minimum Gasteiger partial charge on any atom is -0.379 e. The van der Waals surface area contributed by atoms with Crippen molar-refractivity contribution in [2.24, 2.45) is 0 Å². The van der Waals surface area contributed by atoms with Gasteiger partial charge in [-0.3, -0.25) is 4.90 Å². The van der Waals surface area contributed by atoms with Crippen molar-refractivity contribution in [3.63, 3.8) is 0 Å². The summed E-state index contributed by atoms with van der Waals surface area (Å²) < 4.78 is 5.44. The molecule has 2 aromatic heterocycles. The Kier molecular flexibility index (Phi) is 6.08. The first-order valence-electron chi connectivity index (χ1n) is 10.8. The van der Waals surface area contributed by atoms with Crippen LogP contribution in [-0.4, -0.2) is 53.2 Å². The van der Waals surface area contributed by atoms with Crippen LogP contribution in [0, 0.1) is 0 Å². The molecule has 1 fully saturated rings. The van der Waals surface area contributed by atoms with Gasteiger partial charge in [-0.1, -0.05) is 54.1 Å². The summed E-state index contributed by atoms with van der Waals surface area (Å²) in [4.78, 5) is 17.0. The maximum Gasteiger partial charge on any atom is 0.143 e. The maximum absolute atomic E-state index is 6.36. The second-order valence-corrected chi connectivity index (χ2v) is 8.58. The number of halogens is 1. The van der Waals surface area contributed by atoms with Gasteiger partial charge in [0.2, 0.25) is 0 Å². The van der Waals surface area contributed by atoms with Crippen LogP contribution in [0.15, 0.2) is 60.9 Å². The van der Waals surface area contributed by atoms with E-state index in [1.165, 1.54) is 5.56 Å². The molecule has 164 valence electrons. The molecule has 1 aliphatic rings. The van der Waals surface area contributed by atoms with E-state index >= 15 is 0 Å². The summed E-state index contributed by atoms with van der Waals surface area (Å²) >= 11 is 6.36. The third-order valence-electron chi connectivity index (χ3n) is 5.91. The summed E-state index contributed by atoms with van der Waals surface area (Å²) in [6.45, 7) is 5.25. The van der Waals surface area contributed by atoms with Gasteiger partial charge in [0.05, 0.1) is 18.6 Å². The van der Waals surface area contributed by atoms with E-state index in [0.29, 0.717) is 6.54 Å². The first-order valence-corrected chi connectivity index (χ1v) is 11.2. The fraction of sp³-hybridized carbons (Fsp3) is 0.280. The molecule has 3 heterocycles. The van der Waals surface area contributed by atoms with Crippen molar-refractivity contribution in [3.05, 3.63) is 77.1 Å². The number of hydrogen-bond acceptors (Lipinski definition) is 5. The molecule has 0 saturated carbocycles. The van der Waals surface area contributed by atoms with Crippen LogP contribution < -0.4 is 4.90 Å². The van der Waals surface area contributed by atoms with Crippen LogP contribution >= 0.6 is 11.6 Å². The highest BCUT2D eigenvalue weighted by Gasteiger charge is 2.15. The number of aromatic nitrogens is 3. The predicted molar refractivity (Wildman–Crippen MR) is 129 cm³/mol. The van der Waals surface area contributed by atoms with E-state index in [1.54, 1.807) is 6.33 Å². The van der Waals surface area contributed by atoms with Crippen LogP contribution in [0.4, 0.5) is 5.82 Å². The number of anilines is 1. The number of fused-ring (bicyclic) bond motifs is 1. The van der Waals surface area contributed by atoms with E-state index in [9.17, 15) is 0 Å². The summed E-state index contributed by atoms with van der Waals surface area (Å²) in [6, 6.07) is 18.8. The Morgan fingerprint density at radius 1 is 1.06 bits per heavy atom. The lowest BCUT2D eigenvalue weighted by atomic mass is 10.1. The van der Waals surface area contributed by atoms with E-state index < -0.39 is 0 Å². The molecule has 1 aliphatic heterocycles. The number of morpholine rings is 1. The molecule has 4 aromatic rings. The van der Waals surface area contributed by atoms with Crippen molar-refractivity contribution in [3.8, 4) is 11.3 Å². The highest BCUT2D eigenvalue weighted by atomic mass is 35.5. The molecule has 7 heteroatoms. The Labute approximate surface area is 192 Å². The Balaban J connectivity index is 1.37. The van der Waals surface area contributed by atoms with E-state index in [0.717, 1.165) is 71.5 Å². The number of ether oxygens (including phenoxy) is 1. The van der Waals surface area contributed by atoms with Crippen molar-refractivity contribution >= 4 is 28.5 Å². The molecule has 1 saturated heterocycles. The zero-order valence-corrected chi connectivity index (χ0v) is 18.8. The molecule has 5 rings (SSSR count). The van der Waals surface area contributed by atoms with Crippen LogP contribution in [0.3, 0.4) is 0 Å². The van der Waals surface area contributed by atoms with Gasteiger partial charge in [0, 0.05) is 43.9 Å². The maximum atomic E-state index is 6.36. The minimum absolute atomic E-state index is 0.669. The third kappa shape index (κ3) is 4.48. The van der Waals surface area contributed by atoms with Crippen molar-refractivity contribution in [2.75, 3.05) is 38.3 Å². The predicted octanol–water partition coefficient (Wildman–Crippen LogP) is 4.75. The number of hydrogen-bond donors (Lipinski definition) is 1. The molecule has 0 unspecified atom stereocenters. The Bertz CT molecular complexity index is 1200. The van der Waals surface area contributed by atoms with Crippen LogP contribution in [0.5, 0.6) is 0 Å². The fourth-order valence-electron chi connectivity index (χ4n) is 4.15. The first-order chi connectivity index (χ1) is 15.7. The molecular weight excluding hydrogens is 422 g/mol. The molecule has 0 aliphatic carbocycles. The summed E-state index contributed by atoms with van der Waals surface area (Å²) in [7, 11) is 2.03. The lowest BCUT2D eigenvalue weighted by Gasteiger charge is -2.26. The molecular formula is C25H26ClN5O. The monoisotopic (exact) mass is 447 g/mol. The normalized spacial score (nSPS) is 14.7. The average Bonchev–Trinajstić information content (AvgIpc) is 3.26. The summed E-state index contributed by atoms with van der Waals surface area (Å²) in [6.07, 6.45) is 1.60. The van der Waals surface area contributed by atoms with Gasteiger partial charge in [0.25, 0.3) is 0 Å². The number of nitrogens with zero attached hydrogens (tertiary/aromatic N) is 4. The molecule has 0 bridgehead atoms. The number of H-pyrrole nitrogens is 1. The van der Waals surface area contributed by atoms with E-state index in [-0.39, 0.29) is 0 Å². The summed E-state index contributed by atoms with van der Waals surface area (Å²) in [5, 5.41) is 1.76. The highest BCUT2D eigenvalue weighted by molar-refractivity contribution is 6.31. The standard InChI is InChI=1S/C25H26ClN5O/c1-30(16-20-4-2-3-5-22(20)26)25-21-14-23(29-24(21)27-17-28-25)19-8-6-18(7-9-19)15-31-10-12-32-13-11-31/h2-9,14,17H,10-13,15-16H2,1H3,(H,27,28,29). The summed E-state index contributed by atoms with van der Waals surface area (Å²) in [5.74, 6) is 0.876. The summed E-state index contributed by atoms with van der Waals surface area (Å²) in [5.41, 5.74) is 5.37. The van der Waals surface area contributed by atoms with Gasteiger partial charge < -0.3 is 14.6 Å². The van der Waals surface area contributed by atoms with E-state index in [2.05, 4.69) is 55.1 Å². The molecule has 2 aromatic carbocycles. The molecule has 1 N–H and O–H groups in total. The van der Waals surface area contributed by atoms with Gasteiger partial charge in [-0.15, -0.1) is 0 Å². The van der Waals surface area contributed by atoms with Crippen LogP contribution in [0.2, 0.25) is 5.02 Å². The van der Waals surface area contributed by atoms with Gasteiger partial charge in [0.1, 0.15) is 17.8 Å². The number of benzene rings is 2. The molecule has 0 amide bonds. The average molecular weight is 448 g/mol. The SMILES string of the molecule is CN(Cc1ccccc1Cl)c1ncnc2[nH]c(-c3ccc(CN4CCOCC4)cc3)cc12. The third-order valence-corrected chi connectivity index (χ3v) is 6.28. The lowest BCUT2D eigenvalue weighted by molar-refractivity contribution is 0.0342. The van der Waals surface area contributed by atoms with Crippen molar-refractivity contribution in [1.29, 1.82) is 0 Å². The first kappa shape index (κ1) is 20.9. The van der Waals surface area contributed by atoms with Crippen LogP contribution in [0.25, 0.3) is 22.3 Å². The van der Waals surface area contributed by atoms with Gasteiger partial charge in [-0.2, -0.15) is 0 Å². The topological polar surface area (TPSA) is 57.3 Å². The van der Waals surface area contributed by atoms with Gasteiger partial charge in [-0.25, -0.2) is 9.97 Å². The Morgan fingerprint density at radius 3 is 2.62 bits per heavy atom. The second-order valence-electron chi connectivity index (χ2n) is 8.18. The van der Waals surface area contributed by atoms with Gasteiger partial charge in [-0.05, 0) is 28.8 Å². The largest absolute Gasteiger partial charge is 0.379 e. The van der Waals surface area contributed by atoms with Crippen LogP contribution in [-0.2, 0) is 17.8 Å². The molecule has 6 nitrogen and oxygen atoms in total. The zero-order chi connectivity index (χ0) is 21.9. The Morgan fingerprint density at radius 2 is 1.84 bits per heavy atom. The van der Waals surface area contributed by atoms with Crippen LogP contribution in [0.1, 0.15) is 11.1 Å². The molecule has 0 spiro atoms. The fourth-order valence-corrected chi connectivity index (χ4v) is 4.35.